The van der Waals surface area contributed by atoms with Crippen molar-refractivity contribution in [2.24, 2.45) is 0 Å². The van der Waals surface area contributed by atoms with Gasteiger partial charge in [0.2, 0.25) is 5.95 Å². The number of anilines is 1. The van der Waals surface area contributed by atoms with Crippen LogP contribution in [0.3, 0.4) is 0 Å². The van der Waals surface area contributed by atoms with E-state index in [1.807, 2.05) is 12.1 Å². The zero-order valence-corrected chi connectivity index (χ0v) is 15.2. The first-order valence-corrected chi connectivity index (χ1v) is 8.33. The highest BCUT2D eigenvalue weighted by atomic mass is 16.5. The predicted molar refractivity (Wildman–Crippen MR) is 101 cm³/mol. The average molecular weight is 365 g/mol. The Labute approximate surface area is 155 Å². The molecule has 0 aliphatic carbocycles. The highest BCUT2D eigenvalue weighted by Gasteiger charge is 2.19. The van der Waals surface area contributed by atoms with Crippen molar-refractivity contribution in [3.05, 3.63) is 64.7 Å². The molecule has 1 amide bonds. The molecule has 0 spiro atoms. The van der Waals surface area contributed by atoms with E-state index in [4.69, 9.17) is 4.74 Å². The molecule has 0 aliphatic heterocycles. The van der Waals surface area contributed by atoms with Crippen molar-refractivity contribution >= 4 is 11.9 Å². The molecule has 0 fully saturated rings. The zero-order valence-electron chi connectivity index (χ0n) is 15.2. The normalized spacial score (nSPS) is 11.7. The summed E-state index contributed by atoms with van der Waals surface area (Å²) in [6.07, 6.45) is 1.55. The number of ether oxygens (including phenoxy) is 1. The Balaban J connectivity index is 1.86. The van der Waals surface area contributed by atoms with E-state index >= 15 is 0 Å². The number of methoxy groups -OCH3 is 1. The van der Waals surface area contributed by atoms with Gasteiger partial charge in [0.15, 0.2) is 0 Å². The van der Waals surface area contributed by atoms with Crippen LogP contribution in [0.15, 0.2) is 53.5 Å². The van der Waals surface area contributed by atoms with Crippen molar-refractivity contribution in [1.29, 1.82) is 0 Å². The minimum Gasteiger partial charge on any atom is -0.497 e. The molecule has 27 heavy (non-hydrogen) atoms. The molecule has 8 nitrogen and oxygen atoms in total. The van der Waals surface area contributed by atoms with E-state index < -0.39 is 11.9 Å². The number of hydrogen-bond donors (Lipinski definition) is 1. The van der Waals surface area contributed by atoms with Crippen LogP contribution in [0.5, 0.6) is 5.75 Å². The van der Waals surface area contributed by atoms with Crippen LogP contribution in [0.25, 0.3) is 11.3 Å². The third-order valence-corrected chi connectivity index (χ3v) is 3.99. The van der Waals surface area contributed by atoms with Crippen LogP contribution in [0.2, 0.25) is 0 Å². The Morgan fingerprint density at radius 1 is 1.15 bits per heavy atom. The van der Waals surface area contributed by atoms with Gasteiger partial charge in [-0.15, -0.1) is 0 Å². The lowest BCUT2D eigenvalue weighted by atomic mass is 10.1. The first kappa shape index (κ1) is 18.2. The summed E-state index contributed by atoms with van der Waals surface area (Å²) in [5, 5.41) is 6.95. The van der Waals surface area contributed by atoms with Crippen LogP contribution in [-0.2, 0) is 4.79 Å². The Kier molecular flexibility index (Phi) is 5.25. The Morgan fingerprint density at radius 3 is 2.56 bits per heavy atom. The van der Waals surface area contributed by atoms with E-state index in [2.05, 4.69) is 20.4 Å². The Morgan fingerprint density at radius 2 is 1.89 bits per heavy atom. The summed E-state index contributed by atoms with van der Waals surface area (Å²) in [4.78, 5) is 32.9. The molecule has 1 atom stereocenters. The van der Waals surface area contributed by atoms with E-state index in [1.54, 1.807) is 51.4 Å². The standard InChI is InChI=1S/C19H19N5O3/c1-12-10-11-20-19(21-12)22-18(26)13(2)24-17(25)9-8-16(23-24)14-4-6-15(27-3)7-5-14/h4-11,13H,1-3H3,(H,20,21,22,26). The van der Waals surface area contributed by atoms with E-state index in [9.17, 15) is 9.59 Å². The molecule has 8 heteroatoms. The summed E-state index contributed by atoms with van der Waals surface area (Å²) in [5.41, 5.74) is 1.73. The molecule has 3 rings (SSSR count). The zero-order chi connectivity index (χ0) is 19.4. The lowest BCUT2D eigenvalue weighted by Gasteiger charge is -2.14. The van der Waals surface area contributed by atoms with Crippen molar-refractivity contribution in [1.82, 2.24) is 19.7 Å². The number of nitrogens with zero attached hydrogens (tertiary/aromatic N) is 4. The van der Waals surface area contributed by atoms with Gasteiger partial charge in [-0.05, 0) is 50.2 Å². The van der Waals surface area contributed by atoms with E-state index in [-0.39, 0.29) is 11.5 Å². The summed E-state index contributed by atoms with van der Waals surface area (Å²) >= 11 is 0. The number of carbonyl (C=O) groups is 1. The maximum absolute atomic E-state index is 12.5. The molecule has 1 N–H and O–H groups in total. The molecule has 0 aliphatic rings. The van der Waals surface area contributed by atoms with Gasteiger partial charge in [0, 0.05) is 23.5 Å². The van der Waals surface area contributed by atoms with Crippen LogP contribution in [0, 0.1) is 6.92 Å². The molecule has 0 saturated heterocycles. The van der Waals surface area contributed by atoms with Gasteiger partial charge < -0.3 is 4.74 Å². The predicted octanol–water partition coefficient (Wildman–Crippen LogP) is 2.22. The number of rotatable bonds is 5. The molecule has 0 saturated carbocycles. The summed E-state index contributed by atoms with van der Waals surface area (Å²) in [7, 11) is 1.59. The molecule has 0 radical (unpaired) electrons. The lowest BCUT2D eigenvalue weighted by Crippen LogP contribution is -2.33. The summed E-state index contributed by atoms with van der Waals surface area (Å²) in [6.45, 7) is 3.39. The molecular formula is C19H19N5O3. The maximum Gasteiger partial charge on any atom is 0.267 e. The fraction of sp³-hybridized carbons (Fsp3) is 0.211. The molecule has 1 unspecified atom stereocenters. The smallest absolute Gasteiger partial charge is 0.267 e. The van der Waals surface area contributed by atoms with Crippen molar-refractivity contribution in [3.63, 3.8) is 0 Å². The first-order valence-electron chi connectivity index (χ1n) is 8.33. The molecule has 3 aromatic rings. The molecule has 2 aromatic heterocycles. The number of nitrogens with one attached hydrogen (secondary N) is 1. The summed E-state index contributed by atoms with van der Waals surface area (Å²) < 4.78 is 6.29. The van der Waals surface area contributed by atoms with Crippen LogP contribution in [0.1, 0.15) is 18.7 Å². The highest BCUT2D eigenvalue weighted by molar-refractivity contribution is 5.91. The average Bonchev–Trinajstić information content (AvgIpc) is 2.68. The van der Waals surface area contributed by atoms with Gasteiger partial charge in [0.25, 0.3) is 11.5 Å². The minimum atomic E-state index is -0.834. The first-order chi connectivity index (χ1) is 13.0. The number of benzene rings is 1. The van der Waals surface area contributed by atoms with Crippen LogP contribution in [0.4, 0.5) is 5.95 Å². The van der Waals surface area contributed by atoms with Crippen molar-refractivity contribution in [2.75, 3.05) is 12.4 Å². The highest BCUT2D eigenvalue weighted by Crippen LogP contribution is 2.20. The SMILES string of the molecule is COc1ccc(-c2ccc(=O)n(C(C)C(=O)Nc3nccc(C)n3)n2)cc1. The van der Waals surface area contributed by atoms with Crippen LogP contribution in [-0.4, -0.2) is 32.8 Å². The van der Waals surface area contributed by atoms with Crippen molar-refractivity contribution < 1.29 is 9.53 Å². The maximum atomic E-state index is 12.5. The summed E-state index contributed by atoms with van der Waals surface area (Å²) in [6, 6.07) is 11.2. The summed E-state index contributed by atoms with van der Waals surface area (Å²) in [5.74, 6) is 0.478. The van der Waals surface area contributed by atoms with Crippen molar-refractivity contribution in [3.8, 4) is 17.0 Å². The second-order valence-electron chi connectivity index (χ2n) is 5.92. The van der Waals surface area contributed by atoms with Gasteiger partial charge in [0.1, 0.15) is 11.8 Å². The fourth-order valence-corrected chi connectivity index (χ4v) is 2.45. The molecule has 1 aromatic carbocycles. The largest absolute Gasteiger partial charge is 0.497 e. The molecule has 0 bridgehead atoms. The molecular weight excluding hydrogens is 346 g/mol. The van der Waals surface area contributed by atoms with Gasteiger partial charge in [0.05, 0.1) is 12.8 Å². The van der Waals surface area contributed by atoms with E-state index in [0.717, 1.165) is 21.7 Å². The van der Waals surface area contributed by atoms with Gasteiger partial charge >= 0.3 is 0 Å². The van der Waals surface area contributed by atoms with Gasteiger partial charge in [-0.3, -0.25) is 14.9 Å². The number of carbonyl (C=O) groups excluding carboxylic acids is 1. The number of hydrogen-bond acceptors (Lipinski definition) is 6. The van der Waals surface area contributed by atoms with Gasteiger partial charge in [-0.25, -0.2) is 14.6 Å². The Bertz CT molecular complexity index is 1010. The molecule has 138 valence electrons. The fourth-order valence-electron chi connectivity index (χ4n) is 2.45. The second kappa shape index (κ2) is 7.77. The molecule has 2 heterocycles. The number of aryl methyl sites for hydroxylation is 1. The third kappa shape index (κ3) is 4.17. The lowest BCUT2D eigenvalue weighted by molar-refractivity contribution is -0.119. The van der Waals surface area contributed by atoms with E-state index in [0.29, 0.717) is 5.69 Å². The minimum absolute atomic E-state index is 0.186. The monoisotopic (exact) mass is 365 g/mol. The van der Waals surface area contributed by atoms with Gasteiger partial charge in [-0.1, -0.05) is 0 Å². The van der Waals surface area contributed by atoms with Crippen molar-refractivity contribution in [2.45, 2.75) is 19.9 Å². The van der Waals surface area contributed by atoms with Crippen LogP contribution >= 0.6 is 0 Å². The van der Waals surface area contributed by atoms with Gasteiger partial charge in [-0.2, -0.15) is 5.10 Å². The number of aromatic nitrogens is 4. The third-order valence-electron chi connectivity index (χ3n) is 3.99. The second-order valence-corrected chi connectivity index (χ2v) is 5.92. The quantitative estimate of drug-likeness (QED) is 0.744. The van der Waals surface area contributed by atoms with E-state index in [1.165, 1.54) is 6.07 Å². The van der Waals surface area contributed by atoms with Crippen LogP contribution < -0.4 is 15.6 Å². The Hall–Kier alpha value is -3.55. The topological polar surface area (TPSA) is 99.0 Å². The number of amides is 1.